The zero-order valence-corrected chi connectivity index (χ0v) is 28.2. The third kappa shape index (κ3) is 5.25. The Morgan fingerprint density at radius 3 is 2.69 bits per heavy atom. The number of benzene rings is 2. The number of carbonyl (C=O) groups excluding carboxylic acids is 1. The minimum absolute atomic E-state index is 0.115. The molecule has 2 aliphatic heterocycles. The van der Waals surface area contributed by atoms with Gasteiger partial charge in [0.05, 0.1) is 52.4 Å². The number of anilines is 1. The number of piperidine rings is 1. The number of allylic oxidation sites excluding steroid dienone is 1. The number of alkyl halides is 1. The summed E-state index contributed by atoms with van der Waals surface area (Å²) < 4.78 is 31.8. The third-order valence-corrected chi connectivity index (χ3v) is 10.5. The van der Waals surface area contributed by atoms with Gasteiger partial charge >= 0.3 is 0 Å². The van der Waals surface area contributed by atoms with E-state index in [0.29, 0.717) is 82.3 Å². The number of aromatic nitrogens is 5. The van der Waals surface area contributed by atoms with Gasteiger partial charge in [0, 0.05) is 64.7 Å². The number of nitrogens with zero attached hydrogens (tertiary/aromatic N) is 8. The number of hydrogen-bond acceptors (Lipinski definition) is 7. The monoisotopic (exact) mass is 691 g/mol. The maximum Gasteiger partial charge on any atom is 0.246 e. The van der Waals surface area contributed by atoms with Gasteiger partial charge in [0.15, 0.2) is 5.82 Å². The van der Waals surface area contributed by atoms with E-state index in [4.69, 9.17) is 33.3 Å². The molecule has 7 rings (SSSR count). The molecule has 1 amide bonds. The van der Waals surface area contributed by atoms with Crippen molar-refractivity contribution in [1.29, 1.82) is 5.26 Å². The highest BCUT2D eigenvalue weighted by Gasteiger charge is 2.36. The van der Waals surface area contributed by atoms with E-state index < -0.39 is 18.5 Å². The summed E-state index contributed by atoms with van der Waals surface area (Å²) in [7, 11) is 4.06. The van der Waals surface area contributed by atoms with Crippen molar-refractivity contribution in [2.24, 2.45) is 0 Å². The minimum atomic E-state index is -0.745. The van der Waals surface area contributed by atoms with Crippen molar-refractivity contribution in [3.63, 3.8) is 0 Å². The van der Waals surface area contributed by atoms with E-state index in [1.54, 1.807) is 29.4 Å². The van der Waals surface area contributed by atoms with Crippen LogP contribution in [0, 0.1) is 24.1 Å². The van der Waals surface area contributed by atoms with Crippen LogP contribution in [0.2, 0.25) is 10.0 Å². The fraction of sp³-hybridized carbons (Fsp3) is 0.382. The minimum Gasteiger partial charge on any atom is -0.353 e. The van der Waals surface area contributed by atoms with Crippen molar-refractivity contribution < 1.29 is 13.6 Å². The molecule has 2 aliphatic rings. The molecule has 0 saturated carbocycles. The lowest BCUT2D eigenvalue weighted by Crippen LogP contribution is -2.57. The smallest absolute Gasteiger partial charge is 0.246 e. The van der Waals surface area contributed by atoms with Gasteiger partial charge in [0.2, 0.25) is 5.91 Å². The van der Waals surface area contributed by atoms with Crippen LogP contribution in [-0.4, -0.2) is 93.2 Å². The quantitative estimate of drug-likeness (QED) is 0.192. The van der Waals surface area contributed by atoms with Crippen LogP contribution in [0.3, 0.4) is 0 Å². The molecule has 48 heavy (non-hydrogen) atoms. The van der Waals surface area contributed by atoms with Gasteiger partial charge in [-0.25, -0.2) is 13.8 Å². The number of pyridine rings is 1. The Hall–Kier alpha value is -4.31. The molecule has 3 aromatic heterocycles. The largest absolute Gasteiger partial charge is 0.353 e. The Bertz CT molecular complexity index is 2150. The van der Waals surface area contributed by atoms with E-state index in [9.17, 15) is 14.4 Å². The molecule has 0 bridgehead atoms. The Morgan fingerprint density at radius 2 is 1.96 bits per heavy atom. The maximum atomic E-state index is 17.2. The summed E-state index contributed by atoms with van der Waals surface area (Å²) in [6.07, 6.45) is 6.88. The van der Waals surface area contributed by atoms with Crippen LogP contribution in [0.5, 0.6) is 0 Å². The molecular formula is C34H33Cl2F2N9O. The van der Waals surface area contributed by atoms with Crippen molar-refractivity contribution in [3.05, 3.63) is 58.1 Å². The number of hydrogen-bond donors (Lipinski definition) is 1. The van der Waals surface area contributed by atoms with Gasteiger partial charge < -0.3 is 14.7 Å². The second-order valence-corrected chi connectivity index (χ2v) is 13.5. The zero-order valence-electron chi connectivity index (χ0n) is 26.6. The molecule has 2 atom stereocenters. The van der Waals surface area contributed by atoms with Crippen LogP contribution in [-0.2, 0) is 4.79 Å². The van der Waals surface area contributed by atoms with Gasteiger partial charge in [-0.1, -0.05) is 23.2 Å². The molecule has 248 valence electrons. The van der Waals surface area contributed by atoms with Crippen LogP contribution in [0.15, 0.2) is 36.7 Å². The van der Waals surface area contributed by atoms with Crippen molar-refractivity contribution in [2.75, 3.05) is 45.3 Å². The van der Waals surface area contributed by atoms with E-state index in [0.717, 1.165) is 5.39 Å². The third-order valence-electron chi connectivity index (χ3n) is 9.78. The first-order valence-electron chi connectivity index (χ1n) is 15.8. The summed E-state index contributed by atoms with van der Waals surface area (Å²) in [5.41, 5.74) is 2.90. The van der Waals surface area contributed by atoms with Gasteiger partial charge in [0.1, 0.15) is 18.0 Å². The van der Waals surface area contributed by atoms with Crippen LogP contribution >= 0.6 is 23.2 Å². The molecule has 0 radical (unpaired) electrons. The van der Waals surface area contributed by atoms with Gasteiger partial charge in [-0.15, -0.1) is 0 Å². The first-order chi connectivity index (χ1) is 23.1. The standard InChI is InChI=1S/C34H33Cl2F2N9O/c1-18-25(35)13-27-23(14-40-43-27)29(18)30-26(36)12-22-32(31(30)38)42-34(45-16-21(17-45)44(2)3)24-15-41-47(33(22)24)20-7-10-46(19(11-20)6-9-39)28(48)5-4-8-37/h4-5,12-15,19-21H,6-8,10-11,16-17H2,1-3H3,(H,40,43)/b5-4+/t19-,20+/m1/s1. The van der Waals surface area contributed by atoms with Crippen molar-refractivity contribution in [2.45, 2.75) is 44.3 Å². The van der Waals surface area contributed by atoms with Crippen LogP contribution in [0.25, 0.3) is 43.8 Å². The summed E-state index contributed by atoms with van der Waals surface area (Å²) in [6.45, 7) is 2.87. The summed E-state index contributed by atoms with van der Waals surface area (Å²) >= 11 is 13.6. The van der Waals surface area contributed by atoms with Crippen molar-refractivity contribution in [1.82, 2.24) is 34.8 Å². The Labute approximate surface area is 285 Å². The molecule has 5 aromatic rings. The molecule has 14 heteroatoms. The molecule has 0 unspecified atom stereocenters. The SMILES string of the molecule is Cc1c(Cl)cc2[nH]ncc2c1-c1c(Cl)cc2c(nc(N3CC(N(C)C)C3)c3cnn([C@H]4CCN(C(=O)/C=C/CF)[C@H](CC#N)C4)c32)c1F. The number of likely N-dealkylation sites (tertiary alicyclic amines) is 1. The summed E-state index contributed by atoms with van der Waals surface area (Å²) in [5, 5.41) is 24.1. The topological polar surface area (TPSA) is 110 Å². The van der Waals surface area contributed by atoms with Gasteiger partial charge in [-0.2, -0.15) is 15.5 Å². The number of halogens is 4. The highest BCUT2D eigenvalue weighted by Crippen LogP contribution is 2.45. The lowest BCUT2D eigenvalue weighted by atomic mass is 9.93. The number of nitriles is 1. The van der Waals surface area contributed by atoms with Crippen LogP contribution in [0.1, 0.15) is 30.9 Å². The number of rotatable bonds is 7. The van der Waals surface area contributed by atoms with Gasteiger partial charge in [-0.05, 0) is 57.6 Å². The van der Waals surface area contributed by atoms with E-state index in [1.165, 1.54) is 12.2 Å². The highest BCUT2D eigenvalue weighted by molar-refractivity contribution is 6.36. The van der Waals surface area contributed by atoms with E-state index in [2.05, 4.69) is 26.1 Å². The number of likely N-dealkylation sites (N-methyl/N-ethyl adjacent to an activating group) is 1. The number of amides is 1. The number of fused-ring (bicyclic) bond motifs is 4. The fourth-order valence-electron chi connectivity index (χ4n) is 7.13. The van der Waals surface area contributed by atoms with Crippen LogP contribution < -0.4 is 4.90 Å². The van der Waals surface area contributed by atoms with E-state index in [1.807, 2.05) is 25.7 Å². The normalized spacial score (nSPS) is 18.9. The van der Waals surface area contributed by atoms with Crippen molar-refractivity contribution >= 4 is 67.6 Å². The summed E-state index contributed by atoms with van der Waals surface area (Å²) in [5.74, 6) is -0.275. The highest BCUT2D eigenvalue weighted by atomic mass is 35.5. The summed E-state index contributed by atoms with van der Waals surface area (Å²) in [6, 6.07) is 5.41. The van der Waals surface area contributed by atoms with Crippen LogP contribution in [0.4, 0.5) is 14.6 Å². The number of carbonyl (C=O) groups is 1. The van der Waals surface area contributed by atoms with Gasteiger partial charge in [0.25, 0.3) is 0 Å². The second-order valence-electron chi connectivity index (χ2n) is 12.7. The van der Waals surface area contributed by atoms with E-state index >= 15 is 4.39 Å². The molecule has 2 aromatic carbocycles. The zero-order chi connectivity index (χ0) is 33.9. The average Bonchev–Trinajstić information content (AvgIpc) is 3.69. The molecular weight excluding hydrogens is 659 g/mol. The molecule has 0 aliphatic carbocycles. The van der Waals surface area contributed by atoms with E-state index in [-0.39, 0.29) is 34.5 Å². The second kappa shape index (κ2) is 12.6. The first kappa shape index (κ1) is 32.2. The molecule has 2 saturated heterocycles. The number of aromatic amines is 1. The predicted molar refractivity (Wildman–Crippen MR) is 184 cm³/mol. The molecule has 2 fully saturated rings. The molecule has 5 heterocycles. The average molecular weight is 693 g/mol. The summed E-state index contributed by atoms with van der Waals surface area (Å²) in [4.78, 5) is 23.7. The lowest BCUT2D eigenvalue weighted by molar-refractivity contribution is -0.130. The molecule has 10 nitrogen and oxygen atoms in total. The maximum absolute atomic E-state index is 17.2. The van der Waals surface area contributed by atoms with Gasteiger partial charge in [-0.3, -0.25) is 14.6 Å². The predicted octanol–water partition coefficient (Wildman–Crippen LogP) is 6.60. The Morgan fingerprint density at radius 1 is 1.17 bits per heavy atom. The lowest BCUT2D eigenvalue weighted by Gasteiger charge is -2.43. The molecule has 0 spiro atoms. The number of H-pyrrole nitrogens is 1. The first-order valence-corrected chi connectivity index (χ1v) is 16.5. The Balaban J connectivity index is 1.41. The van der Waals surface area contributed by atoms with Crippen molar-refractivity contribution in [3.8, 4) is 17.2 Å². The molecule has 1 N–H and O–H groups in total. The fourth-order valence-corrected chi connectivity index (χ4v) is 7.62. The number of nitrogens with one attached hydrogen (secondary N) is 1. The Kier molecular flexibility index (Phi) is 8.48.